The number of aryl methyl sites for hydroxylation is 3. The summed E-state index contributed by atoms with van der Waals surface area (Å²) >= 11 is 1.48. The molecule has 0 aliphatic rings. The molecule has 0 saturated carbocycles. The molecule has 0 bridgehead atoms. The van der Waals surface area contributed by atoms with E-state index in [1.54, 1.807) is 0 Å². The van der Waals surface area contributed by atoms with Crippen LogP contribution in [-0.4, -0.2) is 36.3 Å². The van der Waals surface area contributed by atoms with E-state index in [1.807, 2.05) is 18.4 Å². The minimum atomic E-state index is -3.72. The lowest BCUT2D eigenvalue weighted by Crippen LogP contribution is -2.31. The molecular formula is C24H27N3O3S2. The molecule has 0 unspecified atom stereocenters. The Morgan fingerprint density at radius 2 is 1.75 bits per heavy atom. The lowest BCUT2D eigenvalue weighted by Gasteiger charge is -2.19. The first-order valence-corrected chi connectivity index (χ1v) is 12.5. The minimum absolute atomic E-state index is 0.106. The van der Waals surface area contributed by atoms with Gasteiger partial charge in [-0.25, -0.2) is 8.42 Å². The Kier molecular flexibility index (Phi) is 7.28. The number of hydrogen-bond donors (Lipinski definition) is 0. The van der Waals surface area contributed by atoms with Gasteiger partial charge in [0.1, 0.15) is 0 Å². The first-order valence-electron chi connectivity index (χ1n) is 10.2. The number of sulfonamides is 1. The smallest absolute Gasteiger partial charge is 0.279 e. The number of rotatable bonds is 8. The zero-order valence-electron chi connectivity index (χ0n) is 18.5. The zero-order chi connectivity index (χ0) is 23.5. The third-order valence-corrected chi connectivity index (χ3v) is 7.90. The van der Waals surface area contributed by atoms with Crippen molar-refractivity contribution in [3.05, 3.63) is 83.2 Å². The Morgan fingerprint density at radius 1 is 1.12 bits per heavy atom. The Morgan fingerprint density at radius 3 is 2.31 bits per heavy atom. The topological polar surface area (TPSA) is 71.7 Å². The van der Waals surface area contributed by atoms with Crippen molar-refractivity contribution in [3.8, 4) is 0 Å². The lowest BCUT2D eigenvalue weighted by atomic mass is 10.1. The molecule has 6 nitrogen and oxygen atoms in total. The first-order chi connectivity index (χ1) is 15.2. The van der Waals surface area contributed by atoms with Gasteiger partial charge in [0.25, 0.3) is 5.91 Å². The second kappa shape index (κ2) is 9.77. The maximum atomic E-state index is 12.9. The van der Waals surface area contributed by atoms with Crippen molar-refractivity contribution < 1.29 is 13.2 Å². The third kappa shape index (κ3) is 4.67. The molecule has 168 valence electrons. The molecule has 32 heavy (non-hydrogen) atoms. The van der Waals surface area contributed by atoms with Gasteiger partial charge in [-0.1, -0.05) is 29.6 Å². The molecule has 1 heterocycles. The highest BCUT2D eigenvalue weighted by Gasteiger charge is 2.22. The SMILES string of the molecule is C=CCN(CC=C)S(=O)(=O)c1ccc(C(=O)N=c2sc3cc(C)cc(C)c3n2CC)cc1. The summed E-state index contributed by atoms with van der Waals surface area (Å²) in [6.45, 7) is 14.4. The summed E-state index contributed by atoms with van der Waals surface area (Å²) in [7, 11) is -3.72. The van der Waals surface area contributed by atoms with Crippen molar-refractivity contribution in [2.45, 2.75) is 32.2 Å². The number of aromatic nitrogens is 1. The van der Waals surface area contributed by atoms with E-state index in [0.29, 0.717) is 16.9 Å². The average molecular weight is 470 g/mol. The quantitative estimate of drug-likeness (QED) is 0.458. The van der Waals surface area contributed by atoms with Crippen molar-refractivity contribution in [2.24, 2.45) is 4.99 Å². The second-order valence-corrected chi connectivity index (χ2v) is 10.3. The van der Waals surface area contributed by atoms with Crippen molar-refractivity contribution in [1.82, 2.24) is 8.87 Å². The van der Waals surface area contributed by atoms with Crippen LogP contribution < -0.4 is 4.80 Å². The molecule has 0 aliphatic heterocycles. The van der Waals surface area contributed by atoms with E-state index < -0.39 is 15.9 Å². The van der Waals surface area contributed by atoms with Gasteiger partial charge in [-0.15, -0.1) is 13.2 Å². The van der Waals surface area contributed by atoms with Gasteiger partial charge in [-0.05, 0) is 62.2 Å². The minimum Gasteiger partial charge on any atom is -0.316 e. The van der Waals surface area contributed by atoms with Crippen LogP contribution in [0.15, 0.2) is 71.6 Å². The van der Waals surface area contributed by atoms with E-state index in [1.165, 1.54) is 52.1 Å². The Hall–Kier alpha value is -2.81. The van der Waals surface area contributed by atoms with Gasteiger partial charge >= 0.3 is 0 Å². The Labute approximate surface area is 192 Å². The highest BCUT2D eigenvalue weighted by atomic mass is 32.2. The van der Waals surface area contributed by atoms with Gasteiger partial charge < -0.3 is 4.57 Å². The van der Waals surface area contributed by atoms with Crippen LogP contribution in [0.25, 0.3) is 10.2 Å². The summed E-state index contributed by atoms with van der Waals surface area (Å²) in [5.74, 6) is -0.411. The summed E-state index contributed by atoms with van der Waals surface area (Å²) < 4.78 is 30.1. The molecule has 0 spiro atoms. The lowest BCUT2D eigenvalue weighted by molar-refractivity contribution is 0.0997. The van der Waals surface area contributed by atoms with Gasteiger partial charge in [-0.3, -0.25) is 4.79 Å². The van der Waals surface area contributed by atoms with E-state index in [4.69, 9.17) is 0 Å². The van der Waals surface area contributed by atoms with Crippen LogP contribution in [0.1, 0.15) is 28.4 Å². The van der Waals surface area contributed by atoms with Gasteiger partial charge in [0.2, 0.25) is 10.0 Å². The van der Waals surface area contributed by atoms with Crippen molar-refractivity contribution in [1.29, 1.82) is 0 Å². The van der Waals surface area contributed by atoms with Gasteiger partial charge in [0.15, 0.2) is 4.80 Å². The maximum absolute atomic E-state index is 12.9. The predicted octanol–water partition coefficient (Wildman–Crippen LogP) is 4.44. The van der Waals surface area contributed by atoms with Gasteiger partial charge in [0.05, 0.1) is 15.1 Å². The predicted molar refractivity (Wildman–Crippen MR) is 130 cm³/mol. The number of hydrogen-bond acceptors (Lipinski definition) is 4. The van der Waals surface area contributed by atoms with Crippen LogP contribution in [-0.2, 0) is 16.6 Å². The number of thiazole rings is 1. The molecule has 0 aliphatic carbocycles. The molecule has 0 saturated heterocycles. The van der Waals surface area contributed by atoms with Crippen molar-refractivity contribution in [2.75, 3.05) is 13.1 Å². The summed E-state index contributed by atoms with van der Waals surface area (Å²) in [6.07, 6.45) is 3.05. The fraction of sp³-hybridized carbons (Fsp3) is 0.250. The van der Waals surface area contributed by atoms with Crippen LogP contribution in [0.2, 0.25) is 0 Å². The average Bonchev–Trinajstić information content (AvgIpc) is 3.10. The Balaban J connectivity index is 1.98. The molecule has 0 fully saturated rings. The second-order valence-electron chi connectivity index (χ2n) is 7.40. The monoisotopic (exact) mass is 469 g/mol. The molecule has 3 aromatic rings. The van der Waals surface area contributed by atoms with Crippen LogP contribution >= 0.6 is 11.3 Å². The summed E-state index contributed by atoms with van der Waals surface area (Å²) in [5.41, 5.74) is 3.72. The van der Waals surface area contributed by atoms with E-state index in [-0.39, 0.29) is 18.0 Å². The van der Waals surface area contributed by atoms with Crippen molar-refractivity contribution >= 4 is 37.5 Å². The maximum Gasteiger partial charge on any atom is 0.279 e. The molecule has 3 rings (SSSR count). The van der Waals surface area contributed by atoms with E-state index in [2.05, 4.69) is 37.2 Å². The standard InChI is InChI=1S/C24H27N3O3S2/c1-6-13-26(14-7-2)32(29,30)20-11-9-19(10-12-20)23(28)25-24-27(8-3)22-18(5)15-17(4)16-21(22)31-24/h6-7,9-12,15-16H,1-2,8,13-14H2,3-5H3. The number of amides is 1. The number of benzene rings is 2. The number of carbonyl (C=O) groups excluding carboxylic acids is 1. The molecule has 0 atom stereocenters. The van der Waals surface area contributed by atoms with Crippen LogP contribution in [0.5, 0.6) is 0 Å². The largest absolute Gasteiger partial charge is 0.316 e. The molecule has 1 aromatic heterocycles. The summed E-state index contributed by atoms with van der Waals surface area (Å²) in [6, 6.07) is 10.1. The Bertz CT molecular complexity index is 1340. The fourth-order valence-electron chi connectivity index (χ4n) is 3.60. The van der Waals surface area contributed by atoms with Crippen LogP contribution in [0.3, 0.4) is 0 Å². The molecular weight excluding hydrogens is 442 g/mol. The third-order valence-electron chi connectivity index (χ3n) is 5.03. The first kappa shape index (κ1) is 23.8. The molecule has 1 amide bonds. The van der Waals surface area contributed by atoms with E-state index in [0.717, 1.165) is 21.3 Å². The zero-order valence-corrected chi connectivity index (χ0v) is 20.2. The molecule has 0 radical (unpaired) electrons. The summed E-state index contributed by atoms with van der Waals surface area (Å²) in [4.78, 5) is 17.9. The number of carbonyl (C=O) groups is 1. The molecule has 2 aromatic carbocycles. The molecule has 0 N–H and O–H groups in total. The van der Waals surface area contributed by atoms with Crippen LogP contribution in [0, 0.1) is 13.8 Å². The molecule has 8 heteroatoms. The highest BCUT2D eigenvalue weighted by Crippen LogP contribution is 2.23. The summed E-state index contributed by atoms with van der Waals surface area (Å²) in [5, 5.41) is 0. The number of fused-ring (bicyclic) bond motifs is 1. The van der Waals surface area contributed by atoms with Crippen LogP contribution in [0.4, 0.5) is 0 Å². The number of nitrogens with zero attached hydrogens (tertiary/aromatic N) is 3. The van der Waals surface area contributed by atoms with Gasteiger partial charge in [-0.2, -0.15) is 9.30 Å². The van der Waals surface area contributed by atoms with Gasteiger partial charge in [0, 0.05) is 25.2 Å². The fourth-order valence-corrected chi connectivity index (χ4v) is 6.25. The van der Waals surface area contributed by atoms with Crippen molar-refractivity contribution in [3.63, 3.8) is 0 Å². The van der Waals surface area contributed by atoms with E-state index >= 15 is 0 Å². The van der Waals surface area contributed by atoms with E-state index in [9.17, 15) is 13.2 Å². The normalized spacial score (nSPS) is 12.4. The highest BCUT2D eigenvalue weighted by molar-refractivity contribution is 7.89.